The summed E-state index contributed by atoms with van der Waals surface area (Å²) < 4.78 is 38.7. The van der Waals surface area contributed by atoms with Crippen molar-refractivity contribution in [2.75, 3.05) is 5.32 Å². The third kappa shape index (κ3) is 4.27. The Morgan fingerprint density at radius 3 is 2.74 bits per heavy atom. The lowest BCUT2D eigenvalue weighted by Gasteiger charge is -2.07. The van der Waals surface area contributed by atoms with Gasteiger partial charge in [0.05, 0.1) is 11.2 Å². The van der Waals surface area contributed by atoms with Crippen LogP contribution < -0.4 is 10.6 Å². The van der Waals surface area contributed by atoms with E-state index in [0.29, 0.717) is 29.0 Å². The van der Waals surface area contributed by atoms with Gasteiger partial charge < -0.3 is 20.2 Å². The number of alkyl halides is 3. The molecule has 0 unspecified atom stereocenters. The molecule has 2 amide bonds. The molecule has 2 aromatic carbocycles. The molecule has 0 fully saturated rings. The number of rotatable bonds is 6. The number of amides is 2. The standard InChI is InChI=1S/C21H16F3N5O2/c22-21(23,24)20(31)25-10-13-7-8-29(11-13)15-4-1-3-14(9-15)19-27-17-6-2-5-16(26-12-30)18(17)28-19/h1-9,11-12H,10H2,(H,25,31)(H,26,30)(H,27,28). The summed E-state index contributed by atoms with van der Waals surface area (Å²) in [6.45, 7) is -0.235. The van der Waals surface area contributed by atoms with E-state index in [9.17, 15) is 22.8 Å². The van der Waals surface area contributed by atoms with Crippen LogP contribution >= 0.6 is 0 Å². The second-order valence-corrected chi connectivity index (χ2v) is 6.71. The Kier molecular flexibility index (Phi) is 5.20. The molecule has 2 heterocycles. The van der Waals surface area contributed by atoms with Gasteiger partial charge in [0.2, 0.25) is 6.41 Å². The first-order valence-corrected chi connectivity index (χ1v) is 9.17. The Balaban J connectivity index is 1.58. The van der Waals surface area contributed by atoms with Gasteiger partial charge in [-0.1, -0.05) is 18.2 Å². The zero-order valence-electron chi connectivity index (χ0n) is 15.9. The smallest absolute Gasteiger partial charge is 0.344 e. The molecule has 4 aromatic rings. The normalized spacial score (nSPS) is 11.5. The number of para-hydroxylation sites is 1. The summed E-state index contributed by atoms with van der Waals surface area (Å²) in [5.74, 6) is -1.38. The van der Waals surface area contributed by atoms with Gasteiger partial charge >= 0.3 is 12.1 Å². The van der Waals surface area contributed by atoms with Crippen molar-refractivity contribution in [2.45, 2.75) is 12.7 Å². The van der Waals surface area contributed by atoms with E-state index >= 15 is 0 Å². The molecule has 10 heteroatoms. The van der Waals surface area contributed by atoms with Crippen LogP contribution in [-0.2, 0) is 16.1 Å². The van der Waals surface area contributed by atoms with Crippen molar-refractivity contribution in [1.29, 1.82) is 0 Å². The molecule has 0 bridgehead atoms. The van der Waals surface area contributed by atoms with Crippen molar-refractivity contribution in [3.8, 4) is 17.1 Å². The number of imidazole rings is 1. The fourth-order valence-electron chi connectivity index (χ4n) is 3.15. The van der Waals surface area contributed by atoms with Gasteiger partial charge in [0.15, 0.2) is 0 Å². The van der Waals surface area contributed by atoms with Gasteiger partial charge in [0.25, 0.3) is 0 Å². The van der Waals surface area contributed by atoms with E-state index in [4.69, 9.17) is 0 Å². The van der Waals surface area contributed by atoms with Crippen LogP contribution in [0, 0.1) is 0 Å². The Hall–Kier alpha value is -4.08. The number of aromatic nitrogens is 3. The van der Waals surface area contributed by atoms with Crippen molar-refractivity contribution >= 4 is 29.0 Å². The first kappa shape index (κ1) is 20.2. The van der Waals surface area contributed by atoms with E-state index in [1.807, 2.05) is 35.6 Å². The van der Waals surface area contributed by atoms with Gasteiger partial charge in [-0.05, 0) is 35.9 Å². The fourth-order valence-corrected chi connectivity index (χ4v) is 3.15. The lowest BCUT2D eigenvalue weighted by molar-refractivity contribution is -0.173. The van der Waals surface area contributed by atoms with Gasteiger partial charge in [-0.15, -0.1) is 0 Å². The Morgan fingerprint density at radius 2 is 1.97 bits per heavy atom. The minimum Gasteiger partial charge on any atom is -0.344 e. The predicted octanol–water partition coefficient (Wildman–Crippen LogP) is 3.77. The lowest BCUT2D eigenvalue weighted by Crippen LogP contribution is -2.36. The summed E-state index contributed by atoms with van der Waals surface area (Å²) in [6.07, 6.45) is -0.992. The summed E-state index contributed by atoms with van der Waals surface area (Å²) in [7, 11) is 0. The number of H-pyrrole nitrogens is 1. The van der Waals surface area contributed by atoms with E-state index in [1.165, 1.54) is 0 Å². The van der Waals surface area contributed by atoms with Crippen molar-refractivity contribution in [1.82, 2.24) is 19.9 Å². The maximum atomic E-state index is 12.3. The van der Waals surface area contributed by atoms with Crippen LogP contribution in [0.15, 0.2) is 60.9 Å². The molecule has 0 saturated carbocycles. The molecule has 31 heavy (non-hydrogen) atoms. The van der Waals surface area contributed by atoms with Crippen LogP contribution in [0.1, 0.15) is 5.56 Å². The number of anilines is 1. The lowest BCUT2D eigenvalue weighted by atomic mass is 10.2. The number of halogens is 3. The molecular formula is C21H16F3N5O2. The summed E-state index contributed by atoms with van der Waals surface area (Å²) in [4.78, 5) is 29.6. The first-order chi connectivity index (χ1) is 14.8. The highest BCUT2D eigenvalue weighted by Gasteiger charge is 2.38. The number of aromatic amines is 1. The minimum absolute atomic E-state index is 0.235. The largest absolute Gasteiger partial charge is 0.471 e. The SMILES string of the molecule is O=CNc1cccc2[nH]c(-c3cccc(-n4ccc(CNC(=O)C(F)(F)F)c4)c3)nc12. The molecule has 2 aromatic heterocycles. The molecule has 3 N–H and O–H groups in total. The molecule has 0 radical (unpaired) electrons. The first-order valence-electron chi connectivity index (χ1n) is 9.17. The van der Waals surface area contributed by atoms with E-state index in [2.05, 4.69) is 15.3 Å². The van der Waals surface area contributed by atoms with Gasteiger partial charge in [-0.2, -0.15) is 13.2 Å². The predicted molar refractivity (Wildman–Crippen MR) is 108 cm³/mol. The maximum absolute atomic E-state index is 12.3. The van der Waals surface area contributed by atoms with E-state index in [1.54, 1.807) is 35.2 Å². The van der Waals surface area contributed by atoms with Crippen molar-refractivity contribution < 1.29 is 22.8 Å². The molecule has 0 spiro atoms. The quantitative estimate of drug-likeness (QED) is 0.409. The summed E-state index contributed by atoms with van der Waals surface area (Å²) >= 11 is 0. The number of nitrogens with one attached hydrogen (secondary N) is 3. The van der Waals surface area contributed by atoms with Crippen LogP contribution in [0.5, 0.6) is 0 Å². The van der Waals surface area contributed by atoms with Crippen molar-refractivity contribution in [3.63, 3.8) is 0 Å². The van der Waals surface area contributed by atoms with Crippen LogP contribution in [0.3, 0.4) is 0 Å². The Morgan fingerprint density at radius 1 is 1.16 bits per heavy atom. The molecule has 7 nitrogen and oxygen atoms in total. The van der Waals surface area contributed by atoms with E-state index < -0.39 is 12.1 Å². The highest BCUT2D eigenvalue weighted by atomic mass is 19.4. The molecule has 0 aliphatic carbocycles. The number of hydrogen-bond acceptors (Lipinski definition) is 3. The van der Waals surface area contributed by atoms with Gasteiger partial charge in [0.1, 0.15) is 11.3 Å². The fraction of sp³-hybridized carbons (Fsp3) is 0.0952. The highest BCUT2D eigenvalue weighted by molar-refractivity contribution is 5.94. The number of hydrogen-bond donors (Lipinski definition) is 3. The average molecular weight is 427 g/mol. The van der Waals surface area contributed by atoms with Crippen LogP contribution in [-0.4, -0.2) is 33.0 Å². The van der Waals surface area contributed by atoms with Gasteiger partial charge in [-0.3, -0.25) is 9.59 Å². The molecule has 0 aliphatic rings. The monoisotopic (exact) mass is 427 g/mol. The van der Waals surface area contributed by atoms with Crippen molar-refractivity contribution in [2.24, 2.45) is 0 Å². The highest BCUT2D eigenvalue weighted by Crippen LogP contribution is 2.27. The number of carbonyl (C=O) groups is 2. The average Bonchev–Trinajstić information content (AvgIpc) is 3.39. The number of fused-ring (bicyclic) bond motifs is 1. The molecule has 0 aliphatic heterocycles. The summed E-state index contributed by atoms with van der Waals surface area (Å²) in [5.41, 5.74) is 4.04. The second-order valence-electron chi connectivity index (χ2n) is 6.71. The van der Waals surface area contributed by atoms with Crippen LogP contribution in [0.4, 0.5) is 18.9 Å². The third-order valence-electron chi connectivity index (χ3n) is 4.61. The molecule has 4 rings (SSSR count). The zero-order valence-corrected chi connectivity index (χ0v) is 15.9. The number of nitrogens with zero attached hydrogens (tertiary/aromatic N) is 2. The second kappa shape index (κ2) is 7.98. The maximum Gasteiger partial charge on any atom is 0.471 e. The zero-order chi connectivity index (χ0) is 22.0. The Labute approximate surface area is 173 Å². The third-order valence-corrected chi connectivity index (χ3v) is 4.61. The number of carbonyl (C=O) groups excluding carboxylic acids is 2. The minimum atomic E-state index is -4.91. The summed E-state index contributed by atoms with van der Waals surface area (Å²) in [6, 6.07) is 14.4. The van der Waals surface area contributed by atoms with E-state index in [-0.39, 0.29) is 6.54 Å². The summed E-state index contributed by atoms with van der Waals surface area (Å²) in [5, 5.41) is 4.47. The molecule has 0 atom stereocenters. The molecular weight excluding hydrogens is 411 g/mol. The van der Waals surface area contributed by atoms with Gasteiger partial charge in [-0.25, -0.2) is 4.98 Å². The van der Waals surface area contributed by atoms with Crippen LogP contribution in [0.2, 0.25) is 0 Å². The Bertz CT molecular complexity index is 1260. The molecule has 0 saturated heterocycles. The molecule has 158 valence electrons. The van der Waals surface area contributed by atoms with Crippen molar-refractivity contribution in [3.05, 3.63) is 66.5 Å². The van der Waals surface area contributed by atoms with E-state index in [0.717, 1.165) is 16.8 Å². The number of benzene rings is 2. The topological polar surface area (TPSA) is 91.8 Å². The van der Waals surface area contributed by atoms with Crippen LogP contribution in [0.25, 0.3) is 28.1 Å². The van der Waals surface area contributed by atoms with Gasteiger partial charge in [0, 0.05) is 30.2 Å².